The second-order valence-electron chi connectivity index (χ2n) is 9.00. The van der Waals surface area contributed by atoms with Crippen molar-refractivity contribution < 1.29 is 18.7 Å². The number of amides is 2. The number of imidazole rings is 1. The van der Waals surface area contributed by atoms with Crippen LogP contribution in [0.3, 0.4) is 0 Å². The Morgan fingerprint density at radius 2 is 1.93 bits per heavy atom. The lowest BCUT2D eigenvalue weighted by atomic mass is 10.1. The maximum absolute atomic E-state index is 13.2. The van der Waals surface area contributed by atoms with E-state index < -0.39 is 5.91 Å². The van der Waals surface area contributed by atoms with Crippen LogP contribution < -0.4 is 21.1 Å². The Morgan fingerprint density at radius 3 is 2.65 bits per heavy atom. The molecule has 3 heterocycles. The molecule has 3 aromatic heterocycles. The Morgan fingerprint density at radius 1 is 1.12 bits per heavy atom. The van der Waals surface area contributed by atoms with Gasteiger partial charge in [-0.2, -0.15) is 5.10 Å². The van der Waals surface area contributed by atoms with E-state index in [4.69, 9.17) is 14.9 Å². The largest absolute Gasteiger partial charge is 0.494 e. The Balaban J connectivity index is 1.39. The van der Waals surface area contributed by atoms with Crippen LogP contribution in [0.1, 0.15) is 39.9 Å². The van der Waals surface area contributed by atoms with Crippen LogP contribution in [0, 0.1) is 6.92 Å². The molecule has 206 valence electrons. The van der Waals surface area contributed by atoms with Gasteiger partial charge in [-0.1, -0.05) is 23.3 Å². The molecule has 2 amide bonds. The first-order valence-corrected chi connectivity index (χ1v) is 12.7. The van der Waals surface area contributed by atoms with Crippen LogP contribution in [0.4, 0.5) is 12.0 Å². The number of methoxy groups -OCH3 is 1. The lowest BCUT2D eigenvalue weighted by Crippen LogP contribution is -2.20. The zero-order valence-corrected chi connectivity index (χ0v) is 22.3. The van der Waals surface area contributed by atoms with E-state index in [1.54, 1.807) is 22.9 Å². The van der Waals surface area contributed by atoms with Crippen molar-refractivity contribution in [2.24, 2.45) is 5.73 Å². The van der Waals surface area contributed by atoms with Crippen molar-refractivity contribution in [3.63, 3.8) is 0 Å². The lowest BCUT2D eigenvalue weighted by Gasteiger charge is -2.12. The molecule has 0 fully saturated rings. The SMILES string of the molecule is CCn1nc(C)cc1C(=O)Nc1nc2cc(C(N)=O)cc(OC)c2n1CCCNc1nnc(-c2ccccc2)o1. The van der Waals surface area contributed by atoms with Crippen LogP contribution in [0.2, 0.25) is 0 Å². The predicted octanol–water partition coefficient (Wildman–Crippen LogP) is 3.47. The van der Waals surface area contributed by atoms with Crippen LogP contribution >= 0.6 is 0 Å². The maximum Gasteiger partial charge on any atom is 0.315 e. The third-order valence-corrected chi connectivity index (χ3v) is 6.25. The molecule has 0 aliphatic carbocycles. The molecular formula is C27H29N9O4. The molecule has 13 heteroatoms. The maximum atomic E-state index is 13.2. The third-order valence-electron chi connectivity index (χ3n) is 6.25. The molecule has 4 N–H and O–H groups in total. The van der Waals surface area contributed by atoms with Gasteiger partial charge in [-0.15, -0.1) is 5.10 Å². The first-order chi connectivity index (χ1) is 19.4. The van der Waals surface area contributed by atoms with Gasteiger partial charge < -0.3 is 24.8 Å². The average Bonchev–Trinajstić information content (AvgIpc) is 3.67. The van der Waals surface area contributed by atoms with E-state index in [1.807, 2.05) is 48.7 Å². The average molecular weight is 544 g/mol. The number of hydrogen-bond acceptors (Lipinski definition) is 9. The van der Waals surface area contributed by atoms with Crippen molar-refractivity contribution in [3.05, 3.63) is 65.5 Å². The first kappa shape index (κ1) is 26.4. The number of aromatic nitrogens is 6. The monoisotopic (exact) mass is 543 g/mol. The number of fused-ring (bicyclic) bond motifs is 1. The van der Waals surface area contributed by atoms with Crippen LogP contribution in [-0.2, 0) is 13.1 Å². The van der Waals surface area contributed by atoms with Gasteiger partial charge in [0.1, 0.15) is 17.0 Å². The molecule has 0 saturated heterocycles. The summed E-state index contributed by atoms with van der Waals surface area (Å²) in [4.78, 5) is 29.8. The molecule has 0 unspecified atom stereocenters. The van der Waals surface area contributed by atoms with Gasteiger partial charge in [-0.25, -0.2) is 4.98 Å². The molecule has 0 saturated carbocycles. The van der Waals surface area contributed by atoms with Crippen molar-refractivity contribution >= 4 is 34.8 Å². The predicted molar refractivity (Wildman–Crippen MR) is 148 cm³/mol. The number of hydrogen-bond donors (Lipinski definition) is 3. The molecule has 0 spiro atoms. The fourth-order valence-corrected chi connectivity index (χ4v) is 4.40. The topological polar surface area (TPSA) is 168 Å². The molecule has 0 bridgehead atoms. The normalized spacial score (nSPS) is 11.1. The summed E-state index contributed by atoms with van der Waals surface area (Å²) in [6, 6.07) is 14.7. The molecule has 5 aromatic rings. The Hall–Kier alpha value is -5.20. The molecule has 0 aliphatic heterocycles. The number of nitrogens with two attached hydrogens (primary N) is 1. The van der Waals surface area contributed by atoms with Gasteiger partial charge in [0.05, 0.1) is 18.3 Å². The summed E-state index contributed by atoms with van der Waals surface area (Å²) in [6.07, 6.45) is 0.601. The zero-order valence-electron chi connectivity index (χ0n) is 22.3. The number of rotatable bonds is 11. The van der Waals surface area contributed by atoms with Crippen LogP contribution in [0.15, 0.2) is 52.9 Å². The van der Waals surface area contributed by atoms with E-state index >= 15 is 0 Å². The second-order valence-corrected chi connectivity index (χ2v) is 9.00. The summed E-state index contributed by atoms with van der Waals surface area (Å²) in [5.74, 6) is 0.161. The first-order valence-electron chi connectivity index (χ1n) is 12.7. The minimum Gasteiger partial charge on any atom is -0.494 e. The smallest absolute Gasteiger partial charge is 0.315 e. The highest BCUT2D eigenvalue weighted by molar-refractivity contribution is 6.04. The molecule has 2 aromatic carbocycles. The zero-order chi connectivity index (χ0) is 28.2. The van der Waals surface area contributed by atoms with E-state index in [0.29, 0.717) is 66.4 Å². The second kappa shape index (κ2) is 11.3. The van der Waals surface area contributed by atoms with E-state index in [2.05, 4.69) is 30.9 Å². The molecule has 0 atom stereocenters. The molecule has 40 heavy (non-hydrogen) atoms. The number of primary amides is 1. The molecule has 13 nitrogen and oxygen atoms in total. The number of benzene rings is 2. The van der Waals surface area contributed by atoms with Crippen molar-refractivity contribution in [3.8, 4) is 17.2 Å². The molecule has 0 aliphatic rings. The van der Waals surface area contributed by atoms with Crippen LogP contribution in [0.25, 0.3) is 22.5 Å². The minimum atomic E-state index is -0.610. The Bertz CT molecular complexity index is 1670. The number of carbonyl (C=O) groups is 2. The van der Waals surface area contributed by atoms with Gasteiger partial charge in [-0.3, -0.25) is 19.6 Å². The number of nitrogens with zero attached hydrogens (tertiary/aromatic N) is 6. The van der Waals surface area contributed by atoms with E-state index in [0.717, 1.165) is 11.3 Å². The van der Waals surface area contributed by atoms with Gasteiger partial charge in [-0.05, 0) is 50.6 Å². The molecular weight excluding hydrogens is 514 g/mol. The summed E-state index contributed by atoms with van der Waals surface area (Å²) in [5, 5.41) is 18.5. The standard InChI is InChI=1S/C27H29N9O4/c1-4-36-20(13-16(2)34-36)24(38)31-26-30-19-14-18(23(28)37)15-21(39-3)22(19)35(26)12-8-11-29-27-33-32-25(40-27)17-9-6-5-7-10-17/h5-7,9-10,13-15H,4,8,11-12H2,1-3H3,(H2,28,37)(H,29,33)(H,30,31,38). The van der Waals surface area contributed by atoms with Crippen molar-refractivity contribution in [2.75, 3.05) is 24.3 Å². The Kier molecular flexibility index (Phi) is 7.44. The number of nitrogens with one attached hydrogen (secondary N) is 2. The third kappa shape index (κ3) is 5.34. The quantitative estimate of drug-likeness (QED) is 0.211. The van der Waals surface area contributed by atoms with Gasteiger partial charge in [0, 0.05) is 30.8 Å². The highest BCUT2D eigenvalue weighted by Gasteiger charge is 2.21. The fourth-order valence-electron chi connectivity index (χ4n) is 4.40. The van der Waals surface area contributed by atoms with Gasteiger partial charge in [0.2, 0.25) is 17.7 Å². The van der Waals surface area contributed by atoms with Crippen LogP contribution in [-0.4, -0.2) is 55.0 Å². The molecule has 5 rings (SSSR count). The van der Waals surface area contributed by atoms with Crippen molar-refractivity contribution in [2.45, 2.75) is 33.4 Å². The van der Waals surface area contributed by atoms with E-state index in [-0.39, 0.29) is 11.5 Å². The van der Waals surface area contributed by atoms with Gasteiger partial charge in [0.15, 0.2) is 0 Å². The summed E-state index contributed by atoms with van der Waals surface area (Å²) in [7, 11) is 1.50. The van der Waals surface area contributed by atoms with Gasteiger partial charge >= 0.3 is 6.01 Å². The summed E-state index contributed by atoms with van der Waals surface area (Å²) < 4.78 is 14.8. The van der Waals surface area contributed by atoms with Crippen LogP contribution in [0.5, 0.6) is 5.75 Å². The number of aryl methyl sites for hydroxylation is 3. The summed E-state index contributed by atoms with van der Waals surface area (Å²) in [5.41, 5.74) is 8.82. The highest BCUT2D eigenvalue weighted by atomic mass is 16.5. The fraction of sp³-hybridized carbons (Fsp3) is 0.259. The van der Waals surface area contributed by atoms with Gasteiger partial charge in [0.25, 0.3) is 5.91 Å². The number of anilines is 2. The molecule has 0 radical (unpaired) electrons. The number of carbonyl (C=O) groups excluding carboxylic acids is 2. The Labute approximate surface area is 229 Å². The minimum absolute atomic E-state index is 0.249. The van der Waals surface area contributed by atoms with Crippen molar-refractivity contribution in [1.29, 1.82) is 0 Å². The van der Waals surface area contributed by atoms with E-state index in [1.165, 1.54) is 7.11 Å². The lowest BCUT2D eigenvalue weighted by molar-refractivity contribution is 0.0995. The summed E-state index contributed by atoms with van der Waals surface area (Å²) in [6.45, 7) is 5.21. The van der Waals surface area contributed by atoms with Crippen molar-refractivity contribution in [1.82, 2.24) is 29.5 Å². The highest BCUT2D eigenvalue weighted by Crippen LogP contribution is 2.31. The van der Waals surface area contributed by atoms with E-state index in [9.17, 15) is 9.59 Å². The number of ether oxygens (including phenoxy) is 1. The summed E-state index contributed by atoms with van der Waals surface area (Å²) >= 11 is 0.